The molecule has 0 aliphatic heterocycles. The highest BCUT2D eigenvalue weighted by Crippen LogP contribution is 2.32. The number of nitrogens with two attached hydrogens (primary N) is 1. The SMILES string of the molecule is Cc1ccc(Cl)cc1Nc1ccc2cnccc2c1N. The number of halogens is 1. The maximum atomic E-state index is 6.23. The molecule has 0 saturated carbocycles. The number of hydrogen-bond donors (Lipinski definition) is 2. The van der Waals surface area contributed by atoms with Gasteiger partial charge in [-0.2, -0.15) is 0 Å². The van der Waals surface area contributed by atoms with Gasteiger partial charge in [-0.25, -0.2) is 0 Å². The summed E-state index contributed by atoms with van der Waals surface area (Å²) in [6.07, 6.45) is 3.55. The van der Waals surface area contributed by atoms with E-state index in [1.54, 1.807) is 12.4 Å². The minimum atomic E-state index is 0.696. The van der Waals surface area contributed by atoms with E-state index in [1.165, 1.54) is 0 Å². The van der Waals surface area contributed by atoms with Gasteiger partial charge >= 0.3 is 0 Å². The van der Waals surface area contributed by atoms with Crippen molar-refractivity contribution in [3.05, 3.63) is 59.4 Å². The normalized spacial score (nSPS) is 10.7. The Labute approximate surface area is 122 Å². The van der Waals surface area contributed by atoms with Crippen LogP contribution in [0.15, 0.2) is 48.8 Å². The number of hydrogen-bond acceptors (Lipinski definition) is 3. The van der Waals surface area contributed by atoms with E-state index in [4.69, 9.17) is 17.3 Å². The lowest BCUT2D eigenvalue weighted by atomic mass is 10.1. The van der Waals surface area contributed by atoms with Crippen molar-refractivity contribution in [2.75, 3.05) is 11.1 Å². The summed E-state index contributed by atoms with van der Waals surface area (Å²) < 4.78 is 0. The molecule has 0 saturated heterocycles. The molecule has 0 aliphatic carbocycles. The van der Waals surface area contributed by atoms with E-state index in [0.717, 1.165) is 27.7 Å². The van der Waals surface area contributed by atoms with Crippen LogP contribution in [0.25, 0.3) is 10.8 Å². The number of nitrogen functional groups attached to an aromatic ring is 1. The van der Waals surface area contributed by atoms with Crippen LogP contribution in [-0.2, 0) is 0 Å². The van der Waals surface area contributed by atoms with Gasteiger partial charge in [-0.1, -0.05) is 23.7 Å². The van der Waals surface area contributed by atoms with Crippen LogP contribution in [-0.4, -0.2) is 4.98 Å². The average Bonchev–Trinajstić information content (AvgIpc) is 2.46. The van der Waals surface area contributed by atoms with Crippen LogP contribution in [0.2, 0.25) is 5.02 Å². The van der Waals surface area contributed by atoms with E-state index in [2.05, 4.69) is 10.3 Å². The van der Waals surface area contributed by atoms with Crippen LogP contribution in [0.3, 0.4) is 0 Å². The lowest BCUT2D eigenvalue weighted by Crippen LogP contribution is -1.98. The summed E-state index contributed by atoms with van der Waals surface area (Å²) in [5.74, 6) is 0. The molecule has 20 heavy (non-hydrogen) atoms. The van der Waals surface area contributed by atoms with E-state index in [0.29, 0.717) is 10.7 Å². The van der Waals surface area contributed by atoms with E-state index in [9.17, 15) is 0 Å². The first-order valence-corrected chi connectivity index (χ1v) is 6.68. The number of aromatic nitrogens is 1. The lowest BCUT2D eigenvalue weighted by Gasteiger charge is -2.13. The Morgan fingerprint density at radius 2 is 1.95 bits per heavy atom. The Morgan fingerprint density at radius 1 is 1.10 bits per heavy atom. The Hall–Kier alpha value is -2.26. The van der Waals surface area contributed by atoms with Gasteiger partial charge in [-0.15, -0.1) is 0 Å². The van der Waals surface area contributed by atoms with Gasteiger partial charge in [0.1, 0.15) is 0 Å². The largest absolute Gasteiger partial charge is 0.397 e. The molecule has 1 heterocycles. The molecule has 2 aromatic carbocycles. The van der Waals surface area contributed by atoms with Crippen molar-refractivity contribution >= 4 is 39.4 Å². The molecule has 3 rings (SSSR count). The number of anilines is 3. The van der Waals surface area contributed by atoms with Crippen molar-refractivity contribution in [1.29, 1.82) is 0 Å². The first-order valence-electron chi connectivity index (χ1n) is 6.30. The van der Waals surface area contributed by atoms with Crippen LogP contribution in [0.1, 0.15) is 5.56 Å². The van der Waals surface area contributed by atoms with Gasteiger partial charge < -0.3 is 11.1 Å². The standard InChI is InChI=1S/C16H14ClN3/c1-10-2-4-12(17)8-15(10)20-14-5-3-11-9-19-7-6-13(11)16(14)18/h2-9,20H,18H2,1H3. The number of nitrogens with zero attached hydrogens (tertiary/aromatic N) is 1. The summed E-state index contributed by atoms with van der Waals surface area (Å²) >= 11 is 6.04. The molecular weight excluding hydrogens is 270 g/mol. The molecule has 3 nitrogen and oxygen atoms in total. The molecular formula is C16H14ClN3. The van der Waals surface area contributed by atoms with E-state index >= 15 is 0 Å². The van der Waals surface area contributed by atoms with Gasteiger partial charge in [-0.3, -0.25) is 4.98 Å². The van der Waals surface area contributed by atoms with Crippen molar-refractivity contribution in [2.24, 2.45) is 0 Å². The van der Waals surface area contributed by atoms with Crippen LogP contribution < -0.4 is 11.1 Å². The Balaban J connectivity index is 2.07. The Kier molecular flexibility index (Phi) is 3.20. The van der Waals surface area contributed by atoms with Crippen LogP contribution in [0, 0.1) is 6.92 Å². The van der Waals surface area contributed by atoms with Gasteiger partial charge in [-0.05, 0) is 36.8 Å². The highest BCUT2D eigenvalue weighted by Gasteiger charge is 2.06. The second-order valence-electron chi connectivity index (χ2n) is 4.71. The molecule has 4 heteroatoms. The maximum absolute atomic E-state index is 6.23. The van der Waals surface area contributed by atoms with Crippen molar-refractivity contribution in [1.82, 2.24) is 4.98 Å². The van der Waals surface area contributed by atoms with Gasteiger partial charge in [0.25, 0.3) is 0 Å². The highest BCUT2D eigenvalue weighted by atomic mass is 35.5. The maximum Gasteiger partial charge on any atom is 0.0634 e. The zero-order valence-corrected chi connectivity index (χ0v) is 11.8. The molecule has 100 valence electrons. The molecule has 0 fully saturated rings. The van der Waals surface area contributed by atoms with Crippen LogP contribution in [0.4, 0.5) is 17.1 Å². The first-order chi connectivity index (χ1) is 9.65. The fourth-order valence-corrected chi connectivity index (χ4v) is 2.35. The smallest absolute Gasteiger partial charge is 0.0634 e. The summed E-state index contributed by atoms with van der Waals surface area (Å²) in [6, 6.07) is 11.6. The second kappa shape index (κ2) is 5.02. The number of benzene rings is 2. The monoisotopic (exact) mass is 283 g/mol. The third-order valence-corrected chi connectivity index (χ3v) is 3.57. The lowest BCUT2D eigenvalue weighted by molar-refractivity contribution is 1.36. The van der Waals surface area contributed by atoms with E-state index < -0.39 is 0 Å². The minimum absolute atomic E-state index is 0.696. The Morgan fingerprint density at radius 3 is 2.80 bits per heavy atom. The van der Waals surface area contributed by atoms with Crippen molar-refractivity contribution in [3.8, 4) is 0 Å². The van der Waals surface area contributed by atoms with Gasteiger partial charge in [0.15, 0.2) is 0 Å². The number of rotatable bonds is 2. The van der Waals surface area contributed by atoms with Gasteiger partial charge in [0, 0.05) is 33.9 Å². The topological polar surface area (TPSA) is 50.9 Å². The quantitative estimate of drug-likeness (QED) is 0.680. The highest BCUT2D eigenvalue weighted by molar-refractivity contribution is 6.30. The number of nitrogens with one attached hydrogen (secondary N) is 1. The summed E-state index contributed by atoms with van der Waals surface area (Å²) in [5.41, 5.74) is 9.88. The van der Waals surface area contributed by atoms with Gasteiger partial charge in [0.2, 0.25) is 0 Å². The molecule has 0 spiro atoms. The van der Waals surface area contributed by atoms with Gasteiger partial charge in [0.05, 0.1) is 11.4 Å². The molecule has 0 aliphatic rings. The summed E-state index contributed by atoms with van der Waals surface area (Å²) in [7, 11) is 0. The Bertz CT molecular complexity index is 784. The molecule has 0 bridgehead atoms. The third-order valence-electron chi connectivity index (χ3n) is 3.33. The van der Waals surface area contributed by atoms with Crippen LogP contribution >= 0.6 is 11.6 Å². The second-order valence-corrected chi connectivity index (χ2v) is 5.14. The molecule has 0 unspecified atom stereocenters. The number of pyridine rings is 1. The molecule has 0 radical (unpaired) electrons. The predicted molar refractivity (Wildman–Crippen MR) is 85.6 cm³/mol. The van der Waals surface area contributed by atoms with E-state index in [-0.39, 0.29) is 0 Å². The zero-order valence-electron chi connectivity index (χ0n) is 11.0. The van der Waals surface area contributed by atoms with Crippen molar-refractivity contribution in [2.45, 2.75) is 6.92 Å². The van der Waals surface area contributed by atoms with Crippen LogP contribution in [0.5, 0.6) is 0 Å². The molecule has 3 aromatic rings. The summed E-state index contributed by atoms with van der Waals surface area (Å²) in [5, 5.41) is 6.06. The minimum Gasteiger partial charge on any atom is -0.397 e. The van der Waals surface area contributed by atoms with Crippen molar-refractivity contribution < 1.29 is 0 Å². The summed E-state index contributed by atoms with van der Waals surface area (Å²) in [4.78, 5) is 4.10. The van der Waals surface area contributed by atoms with Crippen molar-refractivity contribution in [3.63, 3.8) is 0 Å². The average molecular weight is 284 g/mol. The number of aryl methyl sites for hydroxylation is 1. The molecule has 3 N–H and O–H groups in total. The zero-order chi connectivity index (χ0) is 14.1. The first kappa shape index (κ1) is 12.8. The molecule has 1 aromatic heterocycles. The fraction of sp³-hybridized carbons (Fsp3) is 0.0625. The summed E-state index contributed by atoms with van der Waals surface area (Å²) in [6.45, 7) is 2.03. The predicted octanol–water partition coefficient (Wildman–Crippen LogP) is 4.52. The van der Waals surface area contributed by atoms with E-state index in [1.807, 2.05) is 43.3 Å². The third kappa shape index (κ3) is 2.28. The molecule has 0 amide bonds. The molecule has 0 atom stereocenters. The fourth-order valence-electron chi connectivity index (χ4n) is 2.18. The number of fused-ring (bicyclic) bond motifs is 1.